The fraction of sp³-hybridized carbons (Fsp3) is 0.316. The molecule has 6 nitrogen and oxygen atoms in total. The van der Waals surface area contributed by atoms with E-state index >= 15 is 0 Å². The van der Waals surface area contributed by atoms with E-state index in [1.165, 1.54) is 5.56 Å². The number of anilines is 1. The molecule has 6 heteroatoms. The van der Waals surface area contributed by atoms with Crippen LogP contribution in [0, 0.1) is 0 Å². The minimum absolute atomic E-state index is 0.0766. The minimum atomic E-state index is -0.285. The third kappa shape index (κ3) is 2.33. The molecule has 25 heavy (non-hydrogen) atoms. The first-order valence-electron chi connectivity index (χ1n) is 8.64. The van der Waals surface area contributed by atoms with Crippen molar-refractivity contribution in [3.8, 4) is 11.3 Å². The summed E-state index contributed by atoms with van der Waals surface area (Å²) in [4.78, 5) is 26.2. The van der Waals surface area contributed by atoms with E-state index in [1.54, 1.807) is 6.20 Å². The first-order valence-corrected chi connectivity index (χ1v) is 8.64. The molecule has 2 N–H and O–H groups in total. The van der Waals surface area contributed by atoms with Crippen molar-refractivity contribution in [3.63, 3.8) is 0 Å². The molecule has 0 unspecified atom stereocenters. The number of hydrogen-bond acceptors (Lipinski definition) is 5. The van der Waals surface area contributed by atoms with Gasteiger partial charge in [-0.25, -0.2) is 9.97 Å². The predicted octanol–water partition coefficient (Wildman–Crippen LogP) is 1.65. The molecule has 0 bridgehead atoms. The fourth-order valence-corrected chi connectivity index (χ4v) is 3.76. The van der Waals surface area contributed by atoms with Crippen LogP contribution in [0.15, 0.2) is 35.3 Å². The molecule has 0 radical (unpaired) electrons. The molecule has 5 rings (SSSR count). The van der Waals surface area contributed by atoms with Crippen molar-refractivity contribution >= 4 is 16.7 Å². The fourth-order valence-electron chi connectivity index (χ4n) is 3.76. The summed E-state index contributed by atoms with van der Waals surface area (Å²) in [5.74, 6) is 0.701. The number of H-pyrrole nitrogens is 1. The van der Waals surface area contributed by atoms with Crippen molar-refractivity contribution in [3.05, 3.63) is 52.1 Å². The van der Waals surface area contributed by atoms with Gasteiger partial charge >= 0.3 is 0 Å². The lowest BCUT2D eigenvalue weighted by atomic mass is 10.0. The second kappa shape index (κ2) is 5.39. The maximum absolute atomic E-state index is 11.9. The average Bonchev–Trinajstić information content (AvgIpc) is 3.06. The van der Waals surface area contributed by atoms with Gasteiger partial charge in [-0.15, -0.1) is 0 Å². The van der Waals surface area contributed by atoms with Crippen LogP contribution < -0.4 is 10.5 Å². The van der Waals surface area contributed by atoms with E-state index in [0.717, 1.165) is 41.6 Å². The summed E-state index contributed by atoms with van der Waals surface area (Å²) in [5, 5.41) is 11.2. The number of hydrogen-bond donors (Lipinski definition) is 2. The van der Waals surface area contributed by atoms with Crippen LogP contribution in [0.5, 0.6) is 0 Å². The number of aliphatic hydroxyl groups excluding tert-OH is 1. The van der Waals surface area contributed by atoms with Gasteiger partial charge in [-0.3, -0.25) is 4.79 Å². The Morgan fingerprint density at radius 3 is 2.88 bits per heavy atom. The second-order valence-electron chi connectivity index (χ2n) is 6.82. The van der Waals surface area contributed by atoms with Gasteiger partial charge in [0.25, 0.3) is 5.56 Å². The van der Waals surface area contributed by atoms with E-state index in [2.05, 4.69) is 4.98 Å². The Balaban J connectivity index is 1.67. The van der Waals surface area contributed by atoms with Crippen molar-refractivity contribution in [2.24, 2.45) is 0 Å². The lowest BCUT2D eigenvalue weighted by Gasteiger charge is -2.36. The van der Waals surface area contributed by atoms with Crippen molar-refractivity contribution < 1.29 is 5.11 Å². The summed E-state index contributed by atoms with van der Waals surface area (Å²) >= 11 is 0. The lowest BCUT2D eigenvalue weighted by molar-refractivity contribution is 0.140. The molecule has 3 heterocycles. The summed E-state index contributed by atoms with van der Waals surface area (Å²) in [6.07, 6.45) is 4.44. The van der Waals surface area contributed by atoms with Gasteiger partial charge in [0, 0.05) is 41.5 Å². The van der Waals surface area contributed by atoms with Gasteiger partial charge in [-0.1, -0.05) is 6.07 Å². The summed E-state index contributed by atoms with van der Waals surface area (Å²) in [7, 11) is 0. The molecule has 0 atom stereocenters. The van der Waals surface area contributed by atoms with Gasteiger partial charge in [0.05, 0.1) is 11.8 Å². The number of benzene rings is 1. The summed E-state index contributed by atoms with van der Waals surface area (Å²) in [6.45, 7) is 1.18. The van der Waals surface area contributed by atoms with E-state index in [1.807, 2.05) is 29.2 Å². The number of aliphatic hydroxyl groups is 1. The third-order valence-corrected chi connectivity index (χ3v) is 5.11. The Morgan fingerprint density at radius 2 is 2.04 bits per heavy atom. The highest BCUT2D eigenvalue weighted by atomic mass is 16.3. The Kier molecular flexibility index (Phi) is 3.15. The highest BCUT2D eigenvalue weighted by molar-refractivity contribution is 5.86. The molecule has 1 fully saturated rings. The molecule has 1 saturated heterocycles. The zero-order valence-corrected chi connectivity index (χ0v) is 13.7. The van der Waals surface area contributed by atoms with Crippen LogP contribution in [-0.2, 0) is 12.8 Å². The first kappa shape index (κ1) is 14.6. The van der Waals surface area contributed by atoms with Crippen LogP contribution >= 0.6 is 0 Å². The first-order chi connectivity index (χ1) is 12.2. The van der Waals surface area contributed by atoms with Crippen molar-refractivity contribution in [2.45, 2.75) is 25.4 Å². The smallest absolute Gasteiger partial charge is 0.255 e. The van der Waals surface area contributed by atoms with Crippen LogP contribution in [-0.4, -0.2) is 39.3 Å². The lowest BCUT2D eigenvalue weighted by Crippen LogP contribution is -2.51. The van der Waals surface area contributed by atoms with Crippen LogP contribution in [0.2, 0.25) is 0 Å². The maximum atomic E-state index is 11.9. The molecule has 1 aliphatic heterocycles. The molecule has 3 aromatic rings. The van der Waals surface area contributed by atoms with Crippen molar-refractivity contribution in [1.29, 1.82) is 0 Å². The van der Waals surface area contributed by atoms with Gasteiger partial charge in [0.2, 0.25) is 5.95 Å². The van der Waals surface area contributed by atoms with Gasteiger partial charge in [0.1, 0.15) is 0 Å². The van der Waals surface area contributed by atoms with Gasteiger partial charge in [-0.05, 0) is 42.8 Å². The molecule has 0 spiro atoms. The number of pyridine rings is 1. The number of nitrogens with zero attached hydrogens (tertiary/aromatic N) is 3. The molecule has 1 aromatic carbocycles. The Morgan fingerprint density at radius 1 is 1.16 bits per heavy atom. The number of rotatable bonds is 2. The number of aromatic nitrogens is 3. The predicted molar refractivity (Wildman–Crippen MR) is 95.8 cm³/mol. The summed E-state index contributed by atoms with van der Waals surface area (Å²) < 4.78 is 0. The topological polar surface area (TPSA) is 82.1 Å². The van der Waals surface area contributed by atoms with Gasteiger partial charge in [-0.2, -0.15) is 0 Å². The quantitative estimate of drug-likeness (QED) is 0.745. The Hall–Kier alpha value is -2.73. The summed E-state index contributed by atoms with van der Waals surface area (Å²) in [6, 6.07) is 7.77. The normalized spacial score (nSPS) is 16.9. The average molecular weight is 334 g/mol. The molecule has 0 amide bonds. The molecule has 1 aliphatic carbocycles. The van der Waals surface area contributed by atoms with E-state index < -0.39 is 0 Å². The molecule has 2 aromatic heterocycles. The summed E-state index contributed by atoms with van der Waals surface area (Å²) in [5.41, 5.74) is 4.23. The van der Waals surface area contributed by atoms with Crippen LogP contribution in [0.3, 0.4) is 0 Å². The maximum Gasteiger partial charge on any atom is 0.255 e. The molecular weight excluding hydrogens is 316 g/mol. The van der Waals surface area contributed by atoms with Crippen LogP contribution in [0.4, 0.5) is 5.95 Å². The highest BCUT2D eigenvalue weighted by Gasteiger charge is 2.29. The standard InChI is InChI=1S/C19H18N4O2/c24-13-9-23(10-13)19-21-16-3-1-2-15(16)17(22-19)12-4-5-14-11(8-12)6-7-20-18(14)25/h4-8,13,24H,1-3,9-10H2,(H,20,25). The van der Waals surface area contributed by atoms with E-state index in [9.17, 15) is 9.90 Å². The van der Waals surface area contributed by atoms with Crippen LogP contribution in [0.1, 0.15) is 17.7 Å². The number of aromatic amines is 1. The number of aryl methyl sites for hydroxylation is 1. The number of β-amino-alcohol motifs (C(OH)–C–C–N with tert-alkyl or cyclic N) is 1. The highest BCUT2D eigenvalue weighted by Crippen LogP contribution is 2.33. The zero-order valence-electron chi connectivity index (χ0n) is 13.7. The van der Waals surface area contributed by atoms with E-state index in [-0.39, 0.29) is 11.7 Å². The van der Waals surface area contributed by atoms with Gasteiger partial charge < -0.3 is 15.0 Å². The molecule has 126 valence electrons. The van der Waals surface area contributed by atoms with Crippen molar-refractivity contribution in [1.82, 2.24) is 15.0 Å². The molecule has 2 aliphatic rings. The monoisotopic (exact) mass is 334 g/mol. The van der Waals surface area contributed by atoms with Gasteiger partial charge in [0.15, 0.2) is 0 Å². The SMILES string of the molecule is O=c1[nH]ccc2cc(-c3nc(N4CC(O)C4)nc4c3CCC4)ccc12. The minimum Gasteiger partial charge on any atom is -0.389 e. The Labute approximate surface area is 144 Å². The van der Waals surface area contributed by atoms with E-state index in [0.29, 0.717) is 24.4 Å². The van der Waals surface area contributed by atoms with E-state index in [4.69, 9.17) is 9.97 Å². The second-order valence-corrected chi connectivity index (χ2v) is 6.82. The number of nitrogens with one attached hydrogen (secondary N) is 1. The zero-order chi connectivity index (χ0) is 17.0. The number of fused-ring (bicyclic) bond motifs is 2. The van der Waals surface area contributed by atoms with Crippen molar-refractivity contribution in [2.75, 3.05) is 18.0 Å². The Bertz CT molecular complexity index is 1040. The van der Waals surface area contributed by atoms with Crippen LogP contribution in [0.25, 0.3) is 22.0 Å². The molecule has 0 saturated carbocycles. The largest absolute Gasteiger partial charge is 0.389 e. The molecular formula is C19H18N4O2. The third-order valence-electron chi connectivity index (χ3n) is 5.11.